The molecule has 32 heteroatoms. The first-order valence-electron chi connectivity index (χ1n) is 24.0. The molecule has 0 radical (unpaired) electrons. The maximum Gasteiger partial charge on any atom is 0.325 e. The van der Waals surface area contributed by atoms with Crippen molar-refractivity contribution in [3.05, 3.63) is 0 Å². The molecule has 0 aliphatic rings. The highest BCUT2D eigenvalue weighted by molar-refractivity contribution is 5.98. The van der Waals surface area contributed by atoms with Gasteiger partial charge in [-0.3, -0.25) is 72.1 Å². The van der Waals surface area contributed by atoms with Crippen molar-refractivity contribution in [1.29, 1.82) is 0 Å². The Morgan fingerprint density at radius 3 is 1.11 bits per heavy atom. The van der Waals surface area contributed by atoms with Gasteiger partial charge in [-0.2, -0.15) is 0 Å². The topological polar surface area (TPSA) is 545 Å². The standard InChI is InChI=1S/C44H74N14O18/c1-19(2)18-29(42(74)57-26(10-13-30(46)59)39(71)53-23(6)43(75)76)58-40(72)25(8-7-17-49-44(47)48)54-35(67)21(4)50-34(66)20(3)52-38(70)27(11-15-32(62)63)56-41(73)28(12-16-33(64)65)55-36(68)22(5)51-37(69)24(45)9-14-31(60)61/h19-29H,7-18,45H2,1-6H3,(H2,46,59)(H,50,66)(H,51,69)(H,52,70)(H,53,71)(H,54,67)(H,55,68)(H,56,73)(H,57,74)(H,58,72)(H,60,61)(H,62,63)(H,64,65)(H,75,76)(H4,47,48,49)/t20-,21-,22-,23-,24-,25-,26-,27-,28-,29-/m0/s1. The van der Waals surface area contributed by atoms with Crippen LogP contribution in [-0.2, 0) is 67.1 Å². The van der Waals surface area contributed by atoms with Gasteiger partial charge in [-0.25, -0.2) is 0 Å². The molecule has 428 valence electrons. The van der Waals surface area contributed by atoms with E-state index in [1.165, 1.54) is 13.8 Å². The first-order valence-corrected chi connectivity index (χ1v) is 24.0. The number of hydrogen-bond donors (Lipinski definition) is 17. The van der Waals surface area contributed by atoms with Gasteiger partial charge in [0, 0.05) is 32.2 Å². The first-order chi connectivity index (χ1) is 35.2. The zero-order valence-electron chi connectivity index (χ0n) is 43.1. The molecule has 0 aliphatic heterocycles. The van der Waals surface area contributed by atoms with Gasteiger partial charge in [0.15, 0.2) is 5.96 Å². The zero-order chi connectivity index (χ0) is 58.6. The fourth-order valence-electron chi connectivity index (χ4n) is 6.47. The molecule has 0 spiro atoms. The Morgan fingerprint density at radius 2 is 0.711 bits per heavy atom. The van der Waals surface area contributed by atoms with Gasteiger partial charge >= 0.3 is 23.9 Å². The number of guanidine groups is 1. The largest absolute Gasteiger partial charge is 0.481 e. The molecule has 0 aromatic rings. The number of nitrogens with two attached hydrogens (primary N) is 4. The molecule has 0 bridgehead atoms. The molecule has 0 saturated heterocycles. The Hall–Kier alpha value is -8.19. The number of primary amides is 1. The molecule has 0 rings (SSSR count). The number of carboxylic acid groups (broad SMARTS) is 4. The third-order valence-electron chi connectivity index (χ3n) is 10.8. The van der Waals surface area contributed by atoms with E-state index in [0.29, 0.717) is 0 Å². The average molecular weight is 1090 g/mol. The number of rotatable bonds is 37. The highest BCUT2D eigenvalue weighted by Gasteiger charge is 2.34. The van der Waals surface area contributed by atoms with Crippen LogP contribution in [0.15, 0.2) is 4.99 Å². The molecule has 76 heavy (non-hydrogen) atoms. The van der Waals surface area contributed by atoms with Crippen molar-refractivity contribution in [3.63, 3.8) is 0 Å². The minimum absolute atomic E-state index is 0.0222. The smallest absolute Gasteiger partial charge is 0.325 e. The van der Waals surface area contributed by atoms with Gasteiger partial charge in [-0.05, 0) is 78.6 Å². The lowest BCUT2D eigenvalue weighted by molar-refractivity contribution is -0.142. The molecule has 0 fully saturated rings. The highest BCUT2D eigenvalue weighted by Crippen LogP contribution is 2.10. The molecule has 10 atom stereocenters. The second kappa shape index (κ2) is 34.3. The van der Waals surface area contributed by atoms with Crippen molar-refractivity contribution in [2.24, 2.45) is 33.8 Å². The first kappa shape index (κ1) is 67.8. The monoisotopic (exact) mass is 1090 g/mol. The van der Waals surface area contributed by atoms with E-state index in [0.717, 1.165) is 13.8 Å². The predicted molar refractivity (Wildman–Crippen MR) is 264 cm³/mol. The molecular weight excluding hydrogens is 1010 g/mol. The summed E-state index contributed by atoms with van der Waals surface area (Å²) >= 11 is 0. The number of carboxylic acids is 4. The fourth-order valence-corrected chi connectivity index (χ4v) is 6.47. The van der Waals surface area contributed by atoms with Crippen LogP contribution in [0.5, 0.6) is 0 Å². The Balaban J connectivity index is 6.32. The third kappa shape index (κ3) is 28.3. The van der Waals surface area contributed by atoms with Crippen LogP contribution < -0.4 is 70.8 Å². The van der Waals surface area contributed by atoms with Crippen LogP contribution in [-0.4, -0.2) is 176 Å². The van der Waals surface area contributed by atoms with Gasteiger partial charge in [-0.15, -0.1) is 0 Å². The van der Waals surface area contributed by atoms with Crippen molar-refractivity contribution < 1.29 is 87.5 Å². The van der Waals surface area contributed by atoms with E-state index in [1.807, 2.05) is 0 Å². The lowest BCUT2D eigenvalue weighted by atomic mass is 10.0. The number of amides is 10. The number of carbonyl (C=O) groups is 14. The van der Waals surface area contributed by atoms with Crippen molar-refractivity contribution >= 4 is 88.9 Å². The quantitative estimate of drug-likeness (QED) is 0.0156. The van der Waals surface area contributed by atoms with Crippen LogP contribution in [0, 0.1) is 5.92 Å². The molecular formula is C44H74N14O18. The number of nitrogens with zero attached hydrogens (tertiary/aromatic N) is 1. The molecule has 0 aromatic heterocycles. The number of carbonyl (C=O) groups excluding carboxylic acids is 10. The SMILES string of the molecule is CC(C)C[C@H](NC(=O)[C@H](CCCN=C(N)N)NC(=O)[C@H](C)NC(=O)[C@H](C)NC(=O)[C@H](CCC(=O)O)NC(=O)[C@H](CCC(=O)O)NC(=O)[C@H](C)NC(=O)[C@@H](N)CCC(=O)O)C(=O)N[C@@H](CCC(N)=O)C(=O)N[C@@H](C)C(=O)O. The Morgan fingerprint density at radius 1 is 0.395 bits per heavy atom. The molecule has 10 amide bonds. The molecule has 32 nitrogen and oxygen atoms in total. The van der Waals surface area contributed by atoms with Gasteiger partial charge in [0.2, 0.25) is 59.1 Å². The van der Waals surface area contributed by atoms with Gasteiger partial charge in [0.05, 0.1) is 6.04 Å². The van der Waals surface area contributed by atoms with Gasteiger partial charge in [0.1, 0.15) is 54.4 Å². The average Bonchev–Trinajstić information content (AvgIpc) is 3.31. The number of nitrogens with one attached hydrogen (secondary N) is 9. The Labute approximate surface area is 436 Å². The maximum atomic E-state index is 13.9. The summed E-state index contributed by atoms with van der Waals surface area (Å²) in [5, 5.41) is 57.7. The van der Waals surface area contributed by atoms with Crippen molar-refractivity contribution in [3.8, 4) is 0 Å². The zero-order valence-corrected chi connectivity index (χ0v) is 43.1. The van der Waals surface area contributed by atoms with Crippen LogP contribution >= 0.6 is 0 Å². The van der Waals surface area contributed by atoms with Gasteiger partial charge in [0.25, 0.3) is 0 Å². The number of hydrogen-bond acceptors (Lipinski definition) is 16. The van der Waals surface area contributed by atoms with E-state index in [4.69, 9.17) is 28.0 Å². The van der Waals surface area contributed by atoms with E-state index in [-0.39, 0.29) is 56.9 Å². The molecule has 0 aliphatic carbocycles. The summed E-state index contributed by atoms with van der Waals surface area (Å²) in [5.41, 5.74) is 21.7. The van der Waals surface area contributed by atoms with Crippen LogP contribution in [0.4, 0.5) is 0 Å². The molecule has 0 unspecified atom stereocenters. The van der Waals surface area contributed by atoms with E-state index >= 15 is 0 Å². The number of aliphatic carboxylic acids is 4. The van der Waals surface area contributed by atoms with Crippen LogP contribution in [0.3, 0.4) is 0 Å². The lowest BCUT2D eigenvalue weighted by Crippen LogP contribution is -2.60. The second-order valence-corrected chi connectivity index (χ2v) is 18.1. The van der Waals surface area contributed by atoms with Crippen LogP contribution in [0.25, 0.3) is 0 Å². The lowest BCUT2D eigenvalue weighted by Gasteiger charge is -2.27. The summed E-state index contributed by atoms with van der Waals surface area (Å²) in [6.45, 7) is 8.09. The van der Waals surface area contributed by atoms with Crippen molar-refractivity contribution in [2.75, 3.05) is 6.54 Å². The van der Waals surface area contributed by atoms with E-state index in [1.54, 1.807) is 13.8 Å². The third-order valence-corrected chi connectivity index (χ3v) is 10.8. The highest BCUT2D eigenvalue weighted by atomic mass is 16.4. The molecule has 0 heterocycles. The summed E-state index contributed by atoms with van der Waals surface area (Å²) in [6.07, 6.45) is -4.15. The van der Waals surface area contributed by atoms with Gasteiger partial charge in [-0.1, -0.05) is 13.8 Å². The molecule has 0 saturated carbocycles. The van der Waals surface area contributed by atoms with Crippen molar-refractivity contribution in [1.82, 2.24) is 47.9 Å². The minimum atomic E-state index is -1.73. The maximum absolute atomic E-state index is 13.9. The van der Waals surface area contributed by atoms with E-state index in [2.05, 4.69) is 52.8 Å². The number of aliphatic imine (C=N–C) groups is 1. The molecule has 0 aromatic carbocycles. The summed E-state index contributed by atoms with van der Waals surface area (Å²) < 4.78 is 0. The van der Waals surface area contributed by atoms with E-state index < -0.39 is 175 Å². The van der Waals surface area contributed by atoms with Crippen LogP contribution in [0.1, 0.15) is 112 Å². The summed E-state index contributed by atoms with van der Waals surface area (Å²) in [7, 11) is 0. The Bertz CT molecular complexity index is 2140. The summed E-state index contributed by atoms with van der Waals surface area (Å²) in [5.74, 6) is -15.9. The molecule has 21 N–H and O–H groups in total. The normalized spacial score (nSPS) is 14.8. The summed E-state index contributed by atoms with van der Waals surface area (Å²) in [6, 6.07) is -14.8. The van der Waals surface area contributed by atoms with E-state index in [9.17, 15) is 82.4 Å². The fraction of sp³-hybridized carbons (Fsp3) is 0.659. The summed E-state index contributed by atoms with van der Waals surface area (Å²) in [4.78, 5) is 180. The van der Waals surface area contributed by atoms with Gasteiger partial charge < -0.3 is 91.2 Å². The Kier molecular flexibility index (Phi) is 30.6. The van der Waals surface area contributed by atoms with Crippen molar-refractivity contribution in [2.45, 2.75) is 173 Å². The van der Waals surface area contributed by atoms with Crippen LogP contribution in [0.2, 0.25) is 0 Å². The predicted octanol–water partition coefficient (Wildman–Crippen LogP) is -6.20. The minimum Gasteiger partial charge on any atom is -0.481 e. The second-order valence-electron chi connectivity index (χ2n) is 18.1.